The summed E-state index contributed by atoms with van der Waals surface area (Å²) in [6.45, 7) is 4.71. The van der Waals surface area contributed by atoms with Crippen LogP contribution < -0.4 is 20.7 Å². The smallest absolute Gasteiger partial charge is 0.319 e. The van der Waals surface area contributed by atoms with E-state index in [0.717, 1.165) is 5.56 Å². The highest BCUT2D eigenvalue weighted by Crippen LogP contribution is 2.11. The fourth-order valence-corrected chi connectivity index (χ4v) is 1.97. The van der Waals surface area contributed by atoms with E-state index in [1.807, 2.05) is 38.1 Å². The number of pyridine rings is 1. The first-order chi connectivity index (χ1) is 12.1. The van der Waals surface area contributed by atoms with Gasteiger partial charge in [0.25, 0.3) is 5.91 Å². The fraction of sp³-hybridized carbons (Fsp3) is 0.278. The summed E-state index contributed by atoms with van der Waals surface area (Å²) in [6, 6.07) is 10.9. The Morgan fingerprint density at radius 2 is 1.84 bits per heavy atom. The van der Waals surface area contributed by atoms with Gasteiger partial charge in [-0.1, -0.05) is 29.8 Å². The first kappa shape index (κ1) is 18.3. The van der Waals surface area contributed by atoms with E-state index in [1.54, 1.807) is 12.1 Å². The Balaban J connectivity index is 1.73. The molecule has 0 radical (unpaired) electrons. The van der Waals surface area contributed by atoms with Crippen LogP contribution in [0.15, 0.2) is 42.6 Å². The third-order valence-electron chi connectivity index (χ3n) is 3.29. The second-order valence-corrected chi connectivity index (χ2v) is 5.42. The summed E-state index contributed by atoms with van der Waals surface area (Å²) in [5.74, 6) is 0.0823. The minimum Gasteiger partial charge on any atom is -0.468 e. The number of anilines is 1. The van der Waals surface area contributed by atoms with Crippen LogP contribution in [0.4, 0.5) is 10.5 Å². The monoisotopic (exact) mass is 342 g/mol. The molecule has 0 aliphatic heterocycles. The van der Waals surface area contributed by atoms with Gasteiger partial charge in [0.2, 0.25) is 5.88 Å². The third-order valence-corrected chi connectivity index (χ3v) is 3.29. The van der Waals surface area contributed by atoms with Crippen molar-refractivity contribution in [2.45, 2.75) is 20.4 Å². The zero-order valence-electron chi connectivity index (χ0n) is 14.3. The summed E-state index contributed by atoms with van der Waals surface area (Å²) in [7, 11) is 0. The molecule has 132 valence electrons. The van der Waals surface area contributed by atoms with Crippen LogP contribution in [0.2, 0.25) is 0 Å². The van der Waals surface area contributed by atoms with Crippen LogP contribution in [-0.4, -0.2) is 30.1 Å². The molecule has 0 saturated heterocycles. The molecule has 3 amide bonds. The highest BCUT2D eigenvalue weighted by Gasteiger charge is 2.05. The molecule has 0 aliphatic carbocycles. The van der Waals surface area contributed by atoms with Gasteiger partial charge in [0.15, 0.2) is 6.61 Å². The van der Waals surface area contributed by atoms with Crippen LogP contribution in [0.3, 0.4) is 0 Å². The second-order valence-electron chi connectivity index (χ2n) is 5.42. The van der Waals surface area contributed by atoms with Crippen molar-refractivity contribution in [1.29, 1.82) is 0 Å². The molecular formula is C18H22N4O3. The van der Waals surface area contributed by atoms with Crippen LogP contribution in [0.5, 0.6) is 5.88 Å². The van der Waals surface area contributed by atoms with E-state index in [2.05, 4.69) is 20.9 Å². The molecule has 7 nitrogen and oxygen atoms in total. The van der Waals surface area contributed by atoms with Gasteiger partial charge in [0, 0.05) is 19.2 Å². The summed E-state index contributed by atoms with van der Waals surface area (Å²) in [5.41, 5.74) is 2.74. The number of nitrogens with one attached hydrogen (secondary N) is 3. The maximum atomic E-state index is 11.8. The number of aryl methyl sites for hydroxylation is 1. The summed E-state index contributed by atoms with van der Waals surface area (Å²) in [5, 5.41) is 8.03. The van der Waals surface area contributed by atoms with E-state index in [1.165, 1.54) is 11.8 Å². The number of urea groups is 1. The van der Waals surface area contributed by atoms with Gasteiger partial charge in [-0.2, -0.15) is 0 Å². The highest BCUT2D eigenvalue weighted by molar-refractivity contribution is 5.88. The van der Waals surface area contributed by atoms with Crippen molar-refractivity contribution in [1.82, 2.24) is 15.6 Å². The van der Waals surface area contributed by atoms with Crippen molar-refractivity contribution in [2.75, 3.05) is 18.5 Å². The quantitative estimate of drug-likeness (QED) is 0.719. The van der Waals surface area contributed by atoms with Gasteiger partial charge in [-0.05, 0) is 25.5 Å². The molecule has 0 aliphatic rings. The number of rotatable bonds is 7. The molecule has 1 aromatic heterocycles. The Morgan fingerprint density at radius 1 is 1.08 bits per heavy atom. The number of nitrogens with zero attached hydrogens (tertiary/aromatic N) is 1. The Morgan fingerprint density at radius 3 is 2.48 bits per heavy atom. The van der Waals surface area contributed by atoms with Gasteiger partial charge in [0.05, 0.1) is 11.9 Å². The molecule has 1 heterocycles. The highest BCUT2D eigenvalue weighted by atomic mass is 16.5. The number of carbonyl (C=O) groups excluding carboxylic acids is 2. The van der Waals surface area contributed by atoms with Crippen molar-refractivity contribution >= 4 is 17.6 Å². The van der Waals surface area contributed by atoms with Crippen LogP contribution in [0.1, 0.15) is 18.1 Å². The molecule has 0 spiro atoms. The van der Waals surface area contributed by atoms with Crippen LogP contribution in [0, 0.1) is 6.92 Å². The molecule has 2 aromatic rings. The van der Waals surface area contributed by atoms with E-state index < -0.39 is 0 Å². The number of hydrogen-bond acceptors (Lipinski definition) is 4. The standard InChI is InChI=1S/C18H22N4O3/c1-3-19-18(24)22-15-8-9-17(21-11-15)25-12-16(23)20-10-14-6-4-13(2)5-7-14/h4-9,11H,3,10,12H2,1-2H3,(H,20,23)(H2,19,22,24). The van der Waals surface area contributed by atoms with Gasteiger partial charge < -0.3 is 20.7 Å². The number of ether oxygens (including phenoxy) is 1. The molecular weight excluding hydrogens is 320 g/mol. The maximum Gasteiger partial charge on any atom is 0.319 e. The average Bonchev–Trinajstić information content (AvgIpc) is 2.61. The lowest BCUT2D eigenvalue weighted by Gasteiger charge is -2.08. The van der Waals surface area contributed by atoms with E-state index in [4.69, 9.17) is 4.74 Å². The lowest BCUT2D eigenvalue weighted by molar-refractivity contribution is -0.123. The average molecular weight is 342 g/mol. The number of benzene rings is 1. The molecule has 0 unspecified atom stereocenters. The predicted molar refractivity (Wildman–Crippen MR) is 95.5 cm³/mol. The summed E-state index contributed by atoms with van der Waals surface area (Å²) >= 11 is 0. The summed E-state index contributed by atoms with van der Waals surface area (Å²) in [6.07, 6.45) is 1.47. The predicted octanol–water partition coefficient (Wildman–Crippen LogP) is 2.23. The number of amides is 3. The van der Waals surface area contributed by atoms with Crippen LogP contribution in [-0.2, 0) is 11.3 Å². The Kier molecular flexibility index (Phi) is 6.76. The van der Waals surface area contributed by atoms with Gasteiger partial charge in [-0.15, -0.1) is 0 Å². The van der Waals surface area contributed by atoms with Crippen molar-refractivity contribution in [3.05, 3.63) is 53.7 Å². The van der Waals surface area contributed by atoms with Crippen molar-refractivity contribution in [2.24, 2.45) is 0 Å². The van der Waals surface area contributed by atoms with Gasteiger partial charge >= 0.3 is 6.03 Å². The lowest BCUT2D eigenvalue weighted by Crippen LogP contribution is -2.28. The Bertz CT molecular complexity index is 699. The molecule has 0 bridgehead atoms. The SMILES string of the molecule is CCNC(=O)Nc1ccc(OCC(=O)NCc2ccc(C)cc2)nc1. The first-order valence-corrected chi connectivity index (χ1v) is 8.02. The molecule has 2 rings (SSSR count). The number of carbonyl (C=O) groups is 2. The lowest BCUT2D eigenvalue weighted by atomic mass is 10.1. The normalized spacial score (nSPS) is 10.0. The molecule has 0 atom stereocenters. The van der Waals surface area contributed by atoms with Gasteiger partial charge in [-0.3, -0.25) is 4.79 Å². The van der Waals surface area contributed by atoms with E-state index >= 15 is 0 Å². The van der Waals surface area contributed by atoms with Crippen molar-refractivity contribution < 1.29 is 14.3 Å². The second kappa shape index (κ2) is 9.27. The molecule has 0 saturated carbocycles. The molecule has 3 N–H and O–H groups in total. The maximum absolute atomic E-state index is 11.8. The third kappa shape index (κ3) is 6.50. The van der Waals surface area contributed by atoms with Crippen molar-refractivity contribution in [3.63, 3.8) is 0 Å². The zero-order chi connectivity index (χ0) is 18.1. The molecule has 7 heteroatoms. The minimum absolute atomic E-state index is 0.123. The minimum atomic E-state index is -0.298. The first-order valence-electron chi connectivity index (χ1n) is 8.02. The largest absolute Gasteiger partial charge is 0.468 e. The summed E-state index contributed by atoms with van der Waals surface area (Å²) < 4.78 is 5.33. The fourth-order valence-electron chi connectivity index (χ4n) is 1.97. The van der Waals surface area contributed by atoms with Crippen molar-refractivity contribution in [3.8, 4) is 5.88 Å². The van der Waals surface area contributed by atoms with E-state index in [0.29, 0.717) is 24.7 Å². The summed E-state index contributed by atoms with van der Waals surface area (Å²) in [4.78, 5) is 27.2. The molecule has 0 fully saturated rings. The van der Waals surface area contributed by atoms with Crippen LogP contribution >= 0.6 is 0 Å². The molecule has 25 heavy (non-hydrogen) atoms. The van der Waals surface area contributed by atoms with Crippen LogP contribution in [0.25, 0.3) is 0 Å². The number of hydrogen-bond donors (Lipinski definition) is 3. The number of aromatic nitrogens is 1. The van der Waals surface area contributed by atoms with E-state index in [9.17, 15) is 9.59 Å². The zero-order valence-corrected chi connectivity index (χ0v) is 14.3. The molecule has 1 aromatic carbocycles. The Labute approximate surface area is 146 Å². The van der Waals surface area contributed by atoms with Gasteiger partial charge in [-0.25, -0.2) is 9.78 Å². The topological polar surface area (TPSA) is 92.4 Å². The van der Waals surface area contributed by atoms with E-state index in [-0.39, 0.29) is 18.5 Å². The van der Waals surface area contributed by atoms with Gasteiger partial charge in [0.1, 0.15) is 0 Å². The Hall–Kier alpha value is -3.09.